The number of carboxylic acid groups (broad SMARTS) is 1. The lowest BCUT2D eigenvalue weighted by atomic mass is 10.1. The summed E-state index contributed by atoms with van der Waals surface area (Å²) in [6, 6.07) is 7.90. The van der Waals surface area contributed by atoms with E-state index >= 15 is 0 Å². The lowest BCUT2D eigenvalue weighted by Gasteiger charge is -2.22. The van der Waals surface area contributed by atoms with Gasteiger partial charge in [0.05, 0.1) is 5.02 Å². The number of carbonyl (C=O) groups is 2. The topological polar surface area (TPSA) is 62.5 Å². The molecule has 108 valence electrons. The molecule has 5 nitrogen and oxygen atoms in total. The number of aliphatic carboxylic acids is 1. The summed E-state index contributed by atoms with van der Waals surface area (Å²) in [4.78, 5) is 25.6. The van der Waals surface area contributed by atoms with Crippen molar-refractivity contribution in [1.29, 1.82) is 0 Å². The van der Waals surface area contributed by atoms with E-state index in [-0.39, 0.29) is 5.91 Å². The number of fused-ring (bicyclic) bond motifs is 1. The molecule has 1 aliphatic rings. The van der Waals surface area contributed by atoms with Gasteiger partial charge >= 0.3 is 5.97 Å². The van der Waals surface area contributed by atoms with E-state index in [1.54, 1.807) is 36.0 Å². The number of halogens is 1. The van der Waals surface area contributed by atoms with Crippen molar-refractivity contribution in [3.05, 3.63) is 52.8 Å². The van der Waals surface area contributed by atoms with Gasteiger partial charge in [-0.1, -0.05) is 29.8 Å². The average Bonchev–Trinajstić information content (AvgIpc) is 2.98. The number of para-hydroxylation sites is 1. The van der Waals surface area contributed by atoms with Gasteiger partial charge < -0.3 is 9.67 Å². The van der Waals surface area contributed by atoms with Crippen molar-refractivity contribution < 1.29 is 14.7 Å². The van der Waals surface area contributed by atoms with Gasteiger partial charge in [-0.15, -0.1) is 0 Å². The Morgan fingerprint density at radius 1 is 1.33 bits per heavy atom. The normalized spacial score (nSPS) is 16.9. The second-order valence-electron chi connectivity index (χ2n) is 5.02. The Labute approximate surface area is 126 Å². The lowest BCUT2D eigenvalue weighted by molar-refractivity contribution is -0.138. The van der Waals surface area contributed by atoms with Crippen molar-refractivity contribution in [2.45, 2.75) is 12.5 Å². The first-order chi connectivity index (χ1) is 9.99. The number of carbonyl (C=O) groups excluding carboxylic acids is 1. The molecule has 0 bridgehead atoms. The molecule has 0 saturated carbocycles. The molecule has 0 aliphatic carbocycles. The first-order valence-electron chi connectivity index (χ1n) is 6.45. The van der Waals surface area contributed by atoms with Gasteiger partial charge in [0.2, 0.25) is 0 Å². The van der Waals surface area contributed by atoms with E-state index in [0.717, 1.165) is 5.56 Å². The maximum atomic E-state index is 12.7. The van der Waals surface area contributed by atoms with Crippen LogP contribution in [0.2, 0.25) is 5.02 Å². The van der Waals surface area contributed by atoms with Crippen LogP contribution < -0.4 is 4.90 Å². The van der Waals surface area contributed by atoms with E-state index in [0.29, 0.717) is 22.8 Å². The predicted molar refractivity (Wildman–Crippen MR) is 78.8 cm³/mol. The minimum absolute atomic E-state index is 0.315. The molecule has 1 N–H and O–H groups in total. The SMILES string of the molecule is Cn1cc(Cl)cc1C(=O)N1c2ccccc2CC1C(=O)O. The second-order valence-corrected chi connectivity index (χ2v) is 5.45. The molecule has 0 radical (unpaired) electrons. The van der Waals surface area contributed by atoms with E-state index in [9.17, 15) is 14.7 Å². The van der Waals surface area contributed by atoms with Crippen LogP contribution in [0.15, 0.2) is 36.5 Å². The van der Waals surface area contributed by atoms with E-state index in [1.165, 1.54) is 4.90 Å². The number of hydrogen-bond acceptors (Lipinski definition) is 2. The fourth-order valence-corrected chi connectivity index (χ4v) is 2.94. The van der Waals surface area contributed by atoms with Gasteiger partial charge in [-0.3, -0.25) is 9.69 Å². The summed E-state index contributed by atoms with van der Waals surface area (Å²) in [5.41, 5.74) is 1.87. The first kappa shape index (κ1) is 13.7. The second kappa shape index (κ2) is 4.93. The molecule has 3 rings (SSSR count). The molecule has 1 atom stereocenters. The van der Waals surface area contributed by atoms with Crippen LogP contribution in [0, 0.1) is 0 Å². The summed E-state index contributed by atoms with van der Waals surface area (Å²) in [5, 5.41) is 9.84. The first-order valence-corrected chi connectivity index (χ1v) is 6.83. The number of nitrogens with zero attached hydrogens (tertiary/aromatic N) is 2. The van der Waals surface area contributed by atoms with Crippen LogP contribution in [-0.2, 0) is 18.3 Å². The molecule has 0 spiro atoms. The Bertz CT molecular complexity index is 738. The van der Waals surface area contributed by atoms with Crippen LogP contribution in [0.4, 0.5) is 5.69 Å². The zero-order valence-electron chi connectivity index (χ0n) is 11.3. The molecular formula is C15H13ClN2O3. The Morgan fingerprint density at radius 2 is 2.05 bits per heavy atom. The van der Waals surface area contributed by atoms with Crippen molar-refractivity contribution >= 4 is 29.2 Å². The van der Waals surface area contributed by atoms with Crippen LogP contribution in [0.5, 0.6) is 0 Å². The summed E-state index contributed by atoms with van der Waals surface area (Å²) in [5.74, 6) is -1.37. The quantitative estimate of drug-likeness (QED) is 0.926. The van der Waals surface area contributed by atoms with Crippen LogP contribution >= 0.6 is 11.6 Å². The molecule has 2 heterocycles. The number of hydrogen-bond donors (Lipinski definition) is 1. The summed E-state index contributed by atoms with van der Waals surface area (Å²) in [6.45, 7) is 0. The summed E-state index contributed by atoms with van der Waals surface area (Å²) in [6.07, 6.45) is 1.93. The van der Waals surface area contributed by atoms with Crippen LogP contribution in [0.1, 0.15) is 16.1 Å². The van der Waals surface area contributed by atoms with Gasteiger partial charge in [-0.05, 0) is 17.7 Å². The Hall–Kier alpha value is -2.27. The van der Waals surface area contributed by atoms with E-state index in [1.807, 2.05) is 12.1 Å². The lowest BCUT2D eigenvalue weighted by Crippen LogP contribution is -2.43. The van der Waals surface area contributed by atoms with Crippen molar-refractivity contribution in [2.75, 3.05) is 4.90 Å². The molecule has 0 saturated heterocycles. The highest BCUT2D eigenvalue weighted by Crippen LogP contribution is 2.33. The van der Waals surface area contributed by atoms with Gasteiger partial charge in [0.15, 0.2) is 0 Å². The maximum Gasteiger partial charge on any atom is 0.327 e. The van der Waals surface area contributed by atoms with Crippen molar-refractivity contribution in [3.8, 4) is 0 Å². The van der Waals surface area contributed by atoms with Gasteiger partial charge in [-0.25, -0.2) is 4.79 Å². The summed E-state index contributed by atoms with van der Waals surface area (Å²) in [7, 11) is 1.71. The number of aromatic nitrogens is 1. The molecule has 6 heteroatoms. The zero-order chi connectivity index (χ0) is 15.1. The van der Waals surface area contributed by atoms with E-state index in [2.05, 4.69) is 0 Å². The number of benzene rings is 1. The highest BCUT2D eigenvalue weighted by atomic mass is 35.5. The third-order valence-corrected chi connectivity index (χ3v) is 3.88. The van der Waals surface area contributed by atoms with Gasteiger partial charge in [-0.2, -0.15) is 0 Å². The molecule has 1 aliphatic heterocycles. The van der Waals surface area contributed by atoms with Gasteiger partial charge in [0, 0.05) is 25.4 Å². The van der Waals surface area contributed by atoms with E-state index < -0.39 is 12.0 Å². The Balaban J connectivity index is 2.07. The van der Waals surface area contributed by atoms with Crippen molar-refractivity contribution in [3.63, 3.8) is 0 Å². The monoisotopic (exact) mass is 304 g/mol. The molecule has 1 aromatic carbocycles. The molecule has 0 fully saturated rings. The number of amides is 1. The van der Waals surface area contributed by atoms with Crippen LogP contribution in [0.25, 0.3) is 0 Å². The number of rotatable bonds is 2. The number of anilines is 1. The molecule has 1 amide bonds. The Kier molecular flexibility index (Phi) is 3.22. The largest absolute Gasteiger partial charge is 0.480 e. The zero-order valence-corrected chi connectivity index (χ0v) is 12.0. The molecular weight excluding hydrogens is 292 g/mol. The molecule has 1 unspecified atom stereocenters. The van der Waals surface area contributed by atoms with Gasteiger partial charge in [0.1, 0.15) is 11.7 Å². The van der Waals surface area contributed by atoms with Crippen molar-refractivity contribution in [1.82, 2.24) is 4.57 Å². The smallest absolute Gasteiger partial charge is 0.327 e. The number of aryl methyl sites for hydroxylation is 1. The maximum absolute atomic E-state index is 12.7. The summed E-state index contributed by atoms with van der Waals surface area (Å²) >= 11 is 5.91. The molecule has 1 aromatic heterocycles. The fourth-order valence-electron chi connectivity index (χ4n) is 2.69. The summed E-state index contributed by atoms with van der Waals surface area (Å²) < 4.78 is 1.60. The van der Waals surface area contributed by atoms with E-state index in [4.69, 9.17) is 11.6 Å². The number of carboxylic acids is 1. The fraction of sp³-hybridized carbons (Fsp3) is 0.200. The van der Waals surface area contributed by atoms with Crippen LogP contribution in [-0.4, -0.2) is 27.6 Å². The predicted octanol–water partition coefficient (Wildman–Crippen LogP) is 2.33. The Morgan fingerprint density at radius 3 is 2.67 bits per heavy atom. The molecule has 2 aromatic rings. The average molecular weight is 305 g/mol. The minimum Gasteiger partial charge on any atom is -0.480 e. The third kappa shape index (κ3) is 2.19. The molecule has 21 heavy (non-hydrogen) atoms. The highest BCUT2D eigenvalue weighted by Gasteiger charge is 2.39. The third-order valence-electron chi connectivity index (χ3n) is 3.67. The minimum atomic E-state index is -1.01. The highest BCUT2D eigenvalue weighted by molar-refractivity contribution is 6.31. The standard InChI is InChI=1S/C15H13ClN2O3/c1-17-8-10(16)7-12(17)14(19)18-11-5-3-2-4-9(11)6-13(18)15(20)21/h2-5,7-8,13H,6H2,1H3,(H,20,21). The van der Waals surface area contributed by atoms with Crippen molar-refractivity contribution in [2.24, 2.45) is 7.05 Å². The van der Waals surface area contributed by atoms with Crippen LogP contribution in [0.3, 0.4) is 0 Å². The van der Waals surface area contributed by atoms with Gasteiger partial charge in [0.25, 0.3) is 5.91 Å².